The van der Waals surface area contributed by atoms with E-state index in [-0.39, 0.29) is 24.3 Å². The molecule has 0 aromatic heterocycles. The van der Waals surface area contributed by atoms with Crippen molar-refractivity contribution in [3.05, 3.63) is 64.4 Å². The highest BCUT2D eigenvalue weighted by atomic mass is 35.5. The highest BCUT2D eigenvalue weighted by Crippen LogP contribution is 2.55. The Bertz CT molecular complexity index is 967. The van der Waals surface area contributed by atoms with Gasteiger partial charge in [-0.1, -0.05) is 43.6 Å². The maximum Gasteiger partial charge on any atom is 0.268 e. The Balaban J connectivity index is 1.84. The molecule has 1 saturated heterocycles. The van der Waals surface area contributed by atoms with Crippen LogP contribution in [0, 0.1) is 11.7 Å². The Morgan fingerprint density at radius 1 is 1.29 bits per heavy atom. The number of carbonyl (C=O) groups is 2. The van der Waals surface area contributed by atoms with E-state index in [0.29, 0.717) is 28.6 Å². The molecule has 146 valence electrons. The van der Waals surface area contributed by atoms with E-state index < -0.39 is 10.7 Å². The molecular formula is C21H20ClFN2O2S. The van der Waals surface area contributed by atoms with E-state index in [1.165, 1.54) is 23.9 Å². The number of thioether (sulfide) groups is 1. The minimum Gasteiger partial charge on any atom is -0.315 e. The van der Waals surface area contributed by atoms with Gasteiger partial charge in [-0.2, -0.15) is 0 Å². The molecule has 1 atom stereocenters. The van der Waals surface area contributed by atoms with E-state index in [9.17, 15) is 14.0 Å². The van der Waals surface area contributed by atoms with Crippen LogP contribution in [0.3, 0.4) is 0 Å². The predicted octanol–water partition coefficient (Wildman–Crippen LogP) is 4.41. The molecule has 7 heteroatoms. The molecule has 0 aliphatic carbocycles. The summed E-state index contributed by atoms with van der Waals surface area (Å²) in [5.41, 5.74) is 1.97. The second-order valence-electron chi connectivity index (χ2n) is 7.28. The van der Waals surface area contributed by atoms with Crippen molar-refractivity contribution in [1.29, 1.82) is 0 Å². The molecule has 1 spiro atoms. The lowest BCUT2D eigenvalue weighted by molar-refractivity contribution is -0.142. The lowest BCUT2D eigenvalue weighted by atomic mass is 10.0. The second kappa shape index (κ2) is 7.08. The summed E-state index contributed by atoms with van der Waals surface area (Å²) in [4.78, 5) is 28.6. The zero-order valence-electron chi connectivity index (χ0n) is 15.6. The smallest absolute Gasteiger partial charge is 0.268 e. The fourth-order valence-corrected chi connectivity index (χ4v) is 5.53. The van der Waals surface area contributed by atoms with Gasteiger partial charge in [0, 0.05) is 28.8 Å². The van der Waals surface area contributed by atoms with Crippen molar-refractivity contribution in [2.45, 2.75) is 25.3 Å². The van der Waals surface area contributed by atoms with E-state index >= 15 is 0 Å². The monoisotopic (exact) mass is 418 g/mol. The van der Waals surface area contributed by atoms with Crippen LogP contribution in [-0.4, -0.2) is 29.0 Å². The molecule has 0 radical (unpaired) electrons. The molecule has 0 saturated carbocycles. The highest BCUT2D eigenvalue weighted by molar-refractivity contribution is 8.01. The average molecular weight is 419 g/mol. The lowest BCUT2D eigenvalue weighted by Gasteiger charge is -2.34. The average Bonchev–Trinajstić information content (AvgIpc) is 3.20. The van der Waals surface area contributed by atoms with E-state index in [4.69, 9.17) is 11.6 Å². The quantitative estimate of drug-likeness (QED) is 0.741. The van der Waals surface area contributed by atoms with Crippen molar-refractivity contribution in [3.8, 4) is 0 Å². The summed E-state index contributed by atoms with van der Waals surface area (Å²) in [6.07, 6.45) is 0. The van der Waals surface area contributed by atoms with Gasteiger partial charge < -0.3 is 9.80 Å². The normalized spacial score (nSPS) is 21.1. The SMILES string of the molecule is CC(C)C(=O)N1CCS[C@@]12C(=O)N(Cc1ccccc1Cl)c1ccc(F)cc12. The number of benzene rings is 2. The van der Waals surface area contributed by atoms with Crippen LogP contribution in [0.4, 0.5) is 10.1 Å². The van der Waals surface area contributed by atoms with Crippen LogP contribution in [0.5, 0.6) is 0 Å². The molecule has 2 aromatic carbocycles. The number of amides is 2. The summed E-state index contributed by atoms with van der Waals surface area (Å²) in [6, 6.07) is 11.7. The number of hydrogen-bond donors (Lipinski definition) is 0. The van der Waals surface area contributed by atoms with Crippen LogP contribution in [0.2, 0.25) is 5.02 Å². The first-order valence-corrected chi connectivity index (χ1v) is 10.5. The third-order valence-corrected chi connectivity index (χ3v) is 6.99. The minimum atomic E-state index is -1.21. The molecular weight excluding hydrogens is 399 g/mol. The first-order chi connectivity index (χ1) is 13.4. The molecule has 0 N–H and O–H groups in total. The zero-order chi connectivity index (χ0) is 20.1. The molecule has 2 aliphatic rings. The highest BCUT2D eigenvalue weighted by Gasteiger charge is 2.59. The van der Waals surface area contributed by atoms with Crippen LogP contribution in [-0.2, 0) is 21.0 Å². The summed E-state index contributed by atoms with van der Waals surface area (Å²) >= 11 is 7.71. The zero-order valence-corrected chi connectivity index (χ0v) is 17.2. The fraction of sp³-hybridized carbons (Fsp3) is 0.333. The minimum absolute atomic E-state index is 0.104. The molecule has 2 amide bonds. The predicted molar refractivity (Wildman–Crippen MR) is 110 cm³/mol. The van der Waals surface area contributed by atoms with Gasteiger partial charge in [-0.25, -0.2) is 4.39 Å². The van der Waals surface area contributed by atoms with Gasteiger partial charge in [0.25, 0.3) is 5.91 Å². The molecule has 2 heterocycles. The number of halogens is 2. The number of nitrogens with zero attached hydrogens (tertiary/aromatic N) is 2. The number of fused-ring (bicyclic) bond motifs is 2. The van der Waals surface area contributed by atoms with Crippen molar-refractivity contribution in [2.75, 3.05) is 17.2 Å². The maximum absolute atomic E-state index is 14.2. The fourth-order valence-electron chi connectivity index (χ4n) is 3.87. The summed E-state index contributed by atoms with van der Waals surface area (Å²) in [7, 11) is 0. The third-order valence-electron chi connectivity index (χ3n) is 5.20. The van der Waals surface area contributed by atoms with Gasteiger partial charge in [-0.3, -0.25) is 9.59 Å². The van der Waals surface area contributed by atoms with Gasteiger partial charge in [0.15, 0.2) is 4.87 Å². The Kier molecular flexibility index (Phi) is 4.88. The lowest BCUT2D eigenvalue weighted by Crippen LogP contribution is -2.51. The number of rotatable bonds is 3. The Hall–Kier alpha value is -2.05. The molecule has 28 heavy (non-hydrogen) atoms. The molecule has 4 rings (SSSR count). The summed E-state index contributed by atoms with van der Waals surface area (Å²) in [6.45, 7) is 4.35. The van der Waals surface area contributed by atoms with E-state index in [1.807, 2.05) is 32.0 Å². The van der Waals surface area contributed by atoms with Gasteiger partial charge in [0.05, 0.1) is 12.2 Å². The molecule has 2 aliphatic heterocycles. The van der Waals surface area contributed by atoms with Crippen LogP contribution in [0.15, 0.2) is 42.5 Å². The Morgan fingerprint density at radius 2 is 2.04 bits per heavy atom. The van der Waals surface area contributed by atoms with Crippen molar-refractivity contribution in [2.24, 2.45) is 5.92 Å². The van der Waals surface area contributed by atoms with Gasteiger partial charge in [-0.15, -0.1) is 11.8 Å². The first-order valence-electron chi connectivity index (χ1n) is 9.17. The van der Waals surface area contributed by atoms with Crippen molar-refractivity contribution in [1.82, 2.24) is 4.90 Å². The van der Waals surface area contributed by atoms with E-state index in [0.717, 1.165) is 5.56 Å². The van der Waals surface area contributed by atoms with Crippen molar-refractivity contribution in [3.63, 3.8) is 0 Å². The number of hydrogen-bond acceptors (Lipinski definition) is 3. The third kappa shape index (κ3) is 2.81. The second-order valence-corrected chi connectivity index (χ2v) is 8.98. The molecule has 0 unspecified atom stereocenters. The number of anilines is 1. The maximum atomic E-state index is 14.2. The standard InChI is InChI=1S/C21H20ClFN2O2S/c1-13(2)19(26)25-9-10-28-21(25)16-11-15(23)7-8-18(16)24(20(21)27)12-14-5-3-4-6-17(14)22/h3-8,11,13H,9-10,12H2,1-2H3/t21-/m0/s1. The molecule has 1 fully saturated rings. The van der Waals surface area contributed by atoms with Gasteiger partial charge in [0.1, 0.15) is 5.82 Å². The molecule has 0 bridgehead atoms. The van der Waals surface area contributed by atoms with Crippen LogP contribution >= 0.6 is 23.4 Å². The Morgan fingerprint density at radius 3 is 2.75 bits per heavy atom. The van der Waals surface area contributed by atoms with Gasteiger partial charge in [0.2, 0.25) is 5.91 Å². The van der Waals surface area contributed by atoms with E-state index in [2.05, 4.69) is 0 Å². The largest absolute Gasteiger partial charge is 0.315 e. The van der Waals surface area contributed by atoms with Gasteiger partial charge >= 0.3 is 0 Å². The summed E-state index contributed by atoms with van der Waals surface area (Å²) in [5, 5.41) is 0.564. The van der Waals surface area contributed by atoms with Crippen LogP contribution in [0.25, 0.3) is 0 Å². The van der Waals surface area contributed by atoms with Gasteiger partial charge in [-0.05, 0) is 29.8 Å². The van der Waals surface area contributed by atoms with E-state index in [1.54, 1.807) is 21.9 Å². The van der Waals surface area contributed by atoms with Crippen LogP contribution < -0.4 is 4.90 Å². The topological polar surface area (TPSA) is 40.6 Å². The summed E-state index contributed by atoms with van der Waals surface area (Å²) < 4.78 is 14.2. The first kappa shape index (κ1) is 19.3. The summed E-state index contributed by atoms with van der Waals surface area (Å²) in [5.74, 6) is -0.370. The molecule has 2 aromatic rings. The number of carbonyl (C=O) groups excluding carboxylic acids is 2. The van der Waals surface area contributed by atoms with Crippen molar-refractivity contribution >= 4 is 40.9 Å². The van der Waals surface area contributed by atoms with Crippen molar-refractivity contribution < 1.29 is 14.0 Å². The molecule has 4 nitrogen and oxygen atoms in total. The Labute approximate surface area is 172 Å². The van der Waals surface area contributed by atoms with Crippen LogP contribution in [0.1, 0.15) is 25.0 Å².